The third kappa shape index (κ3) is 9.67. The van der Waals surface area contributed by atoms with Crippen LogP contribution in [0.4, 0.5) is 0 Å². The molecule has 7 nitrogen and oxygen atoms in total. The summed E-state index contributed by atoms with van der Waals surface area (Å²) in [6.45, 7) is 2.12. The summed E-state index contributed by atoms with van der Waals surface area (Å²) in [5, 5.41) is 24.0. The van der Waals surface area contributed by atoms with Crippen molar-refractivity contribution in [2.75, 3.05) is 13.2 Å². The summed E-state index contributed by atoms with van der Waals surface area (Å²) in [4.78, 5) is 17.8. The highest BCUT2D eigenvalue weighted by atomic mass is 16.6. The van der Waals surface area contributed by atoms with E-state index < -0.39 is 18.3 Å². The zero-order valence-electron chi connectivity index (χ0n) is 19.3. The second kappa shape index (κ2) is 15.8. The molecule has 0 radical (unpaired) electrons. The van der Waals surface area contributed by atoms with Crippen molar-refractivity contribution in [1.29, 1.82) is 0 Å². The number of ether oxygens (including phenoxy) is 2. The number of benzene rings is 1. The van der Waals surface area contributed by atoms with Crippen LogP contribution in [0.15, 0.2) is 35.5 Å². The van der Waals surface area contributed by atoms with Gasteiger partial charge in [-0.25, -0.2) is 0 Å². The Hall–Kier alpha value is -1.96. The van der Waals surface area contributed by atoms with Crippen LogP contribution >= 0.6 is 0 Å². The molecular weight excluding hydrogens is 410 g/mol. The fourth-order valence-electron chi connectivity index (χ4n) is 3.69. The number of esters is 1. The van der Waals surface area contributed by atoms with E-state index in [4.69, 9.17) is 14.3 Å². The van der Waals surface area contributed by atoms with Crippen LogP contribution in [-0.4, -0.2) is 53.4 Å². The maximum absolute atomic E-state index is 12.4. The zero-order valence-corrected chi connectivity index (χ0v) is 19.3. The highest BCUT2D eigenvalue weighted by molar-refractivity contribution is 5.92. The molecule has 0 amide bonds. The number of oxime groups is 1. The fraction of sp³-hybridized carbons (Fsp3) is 0.680. The van der Waals surface area contributed by atoms with Gasteiger partial charge in [0.25, 0.3) is 0 Å². The van der Waals surface area contributed by atoms with E-state index in [0.29, 0.717) is 12.1 Å². The Morgan fingerprint density at radius 3 is 2.38 bits per heavy atom. The minimum Gasteiger partial charge on any atom is -0.453 e. The van der Waals surface area contributed by atoms with Crippen molar-refractivity contribution in [3.05, 3.63) is 35.9 Å². The van der Waals surface area contributed by atoms with Crippen molar-refractivity contribution in [3.8, 4) is 0 Å². The van der Waals surface area contributed by atoms with Gasteiger partial charge in [0.1, 0.15) is 24.5 Å². The lowest BCUT2D eigenvalue weighted by Gasteiger charge is -2.34. The van der Waals surface area contributed by atoms with E-state index in [1.54, 1.807) is 0 Å². The Balaban J connectivity index is 1.76. The van der Waals surface area contributed by atoms with Crippen molar-refractivity contribution in [2.24, 2.45) is 5.16 Å². The lowest BCUT2D eigenvalue weighted by atomic mass is 10.0. The molecule has 180 valence electrons. The van der Waals surface area contributed by atoms with Gasteiger partial charge in [-0.2, -0.15) is 0 Å². The van der Waals surface area contributed by atoms with Crippen LogP contribution in [0.5, 0.6) is 0 Å². The molecule has 1 heterocycles. The quantitative estimate of drug-likeness (QED) is 0.237. The Morgan fingerprint density at radius 2 is 1.72 bits per heavy atom. The summed E-state index contributed by atoms with van der Waals surface area (Å²) in [7, 11) is 0. The first-order valence-electron chi connectivity index (χ1n) is 12.0. The van der Waals surface area contributed by atoms with Gasteiger partial charge in [0.2, 0.25) is 0 Å². The van der Waals surface area contributed by atoms with Gasteiger partial charge < -0.3 is 24.5 Å². The molecule has 7 heteroatoms. The predicted octanol–water partition coefficient (Wildman–Crippen LogP) is 4.14. The Bertz CT molecular complexity index is 666. The highest BCUT2D eigenvalue weighted by Gasteiger charge is 2.40. The van der Waals surface area contributed by atoms with Gasteiger partial charge in [0, 0.05) is 6.42 Å². The SMILES string of the molecule is CCCCCCCCCCCC(=O)O[C@@H]1/C(=N\OCc2ccccc2)CO[C@H](CO)[C@H]1O. The third-order valence-electron chi connectivity index (χ3n) is 5.64. The number of unbranched alkanes of at least 4 members (excludes halogenated alkanes) is 8. The van der Waals surface area contributed by atoms with Gasteiger partial charge in [-0.05, 0) is 12.0 Å². The van der Waals surface area contributed by atoms with Gasteiger partial charge in [-0.3, -0.25) is 4.79 Å². The molecule has 0 aliphatic carbocycles. The van der Waals surface area contributed by atoms with Crippen LogP contribution < -0.4 is 0 Å². The molecule has 0 spiro atoms. The van der Waals surface area contributed by atoms with E-state index in [2.05, 4.69) is 12.1 Å². The minimum absolute atomic E-state index is 0.0209. The highest BCUT2D eigenvalue weighted by Crippen LogP contribution is 2.19. The monoisotopic (exact) mass is 449 g/mol. The molecule has 0 unspecified atom stereocenters. The lowest BCUT2D eigenvalue weighted by Crippen LogP contribution is -2.53. The van der Waals surface area contributed by atoms with Gasteiger partial charge in [0.15, 0.2) is 6.10 Å². The van der Waals surface area contributed by atoms with Crippen LogP contribution in [0.3, 0.4) is 0 Å². The Labute approximate surface area is 191 Å². The Kier molecular flexibility index (Phi) is 13.0. The number of aliphatic hydroxyl groups is 2. The standard InChI is InChI=1S/C25H39NO6/c1-2-3-4-5-6-7-8-9-13-16-23(28)32-25-21(19-30-22(17-27)24(25)29)26-31-18-20-14-11-10-12-15-20/h10-12,14-15,22,24-25,27,29H,2-9,13,16-19H2,1H3/b26-21-/t22-,24-,25-/m1/s1. The molecule has 0 bridgehead atoms. The number of aliphatic hydroxyl groups excluding tert-OH is 2. The van der Waals surface area contributed by atoms with E-state index in [0.717, 1.165) is 24.8 Å². The molecule has 32 heavy (non-hydrogen) atoms. The van der Waals surface area contributed by atoms with Gasteiger partial charge in [0.05, 0.1) is 13.2 Å². The first-order chi connectivity index (χ1) is 15.7. The van der Waals surface area contributed by atoms with Crippen molar-refractivity contribution >= 4 is 11.7 Å². The second-order valence-corrected chi connectivity index (χ2v) is 8.35. The summed E-state index contributed by atoms with van der Waals surface area (Å²) in [5.74, 6) is -0.383. The molecule has 1 saturated heterocycles. The zero-order chi connectivity index (χ0) is 23.0. The first-order valence-corrected chi connectivity index (χ1v) is 12.0. The summed E-state index contributed by atoms with van der Waals surface area (Å²) in [6, 6.07) is 9.55. The number of carbonyl (C=O) groups is 1. The number of hydrogen-bond donors (Lipinski definition) is 2. The fourth-order valence-corrected chi connectivity index (χ4v) is 3.69. The van der Waals surface area contributed by atoms with Crippen LogP contribution in [0.2, 0.25) is 0 Å². The molecule has 1 fully saturated rings. The van der Waals surface area contributed by atoms with Crippen LogP contribution in [0.1, 0.15) is 76.7 Å². The topological polar surface area (TPSA) is 97.6 Å². The number of hydrogen-bond acceptors (Lipinski definition) is 7. The first kappa shape index (κ1) is 26.3. The summed E-state index contributed by atoms with van der Waals surface area (Å²) in [6.07, 6.45) is 7.77. The maximum Gasteiger partial charge on any atom is 0.306 e. The molecule has 2 rings (SSSR count). The molecular formula is C25H39NO6. The van der Waals surface area contributed by atoms with Crippen molar-refractivity contribution in [3.63, 3.8) is 0 Å². The van der Waals surface area contributed by atoms with Crippen molar-refractivity contribution < 1.29 is 29.3 Å². The molecule has 1 aliphatic heterocycles. The molecule has 1 aliphatic rings. The summed E-state index contributed by atoms with van der Waals surface area (Å²) >= 11 is 0. The molecule has 3 atom stereocenters. The smallest absolute Gasteiger partial charge is 0.306 e. The van der Waals surface area contributed by atoms with E-state index >= 15 is 0 Å². The molecule has 2 N–H and O–H groups in total. The average molecular weight is 450 g/mol. The number of carbonyl (C=O) groups excluding carboxylic acids is 1. The van der Waals surface area contributed by atoms with Crippen molar-refractivity contribution in [2.45, 2.75) is 96.1 Å². The maximum atomic E-state index is 12.4. The van der Waals surface area contributed by atoms with Crippen LogP contribution in [0.25, 0.3) is 0 Å². The number of rotatable bonds is 15. The van der Waals surface area contributed by atoms with Crippen molar-refractivity contribution in [1.82, 2.24) is 0 Å². The summed E-state index contributed by atoms with van der Waals surface area (Å²) in [5.41, 5.74) is 1.25. The average Bonchev–Trinajstić information content (AvgIpc) is 2.81. The predicted molar refractivity (Wildman–Crippen MR) is 123 cm³/mol. The van der Waals surface area contributed by atoms with Crippen LogP contribution in [-0.2, 0) is 25.7 Å². The second-order valence-electron chi connectivity index (χ2n) is 8.35. The molecule has 1 aromatic rings. The lowest BCUT2D eigenvalue weighted by molar-refractivity contribution is -0.161. The van der Waals surface area contributed by atoms with Gasteiger partial charge in [-0.15, -0.1) is 0 Å². The van der Waals surface area contributed by atoms with Gasteiger partial charge in [-0.1, -0.05) is 93.8 Å². The van der Waals surface area contributed by atoms with E-state index in [1.807, 2.05) is 30.3 Å². The normalized spacial score (nSPS) is 22.1. The van der Waals surface area contributed by atoms with Crippen LogP contribution in [0, 0.1) is 0 Å². The van der Waals surface area contributed by atoms with Gasteiger partial charge >= 0.3 is 5.97 Å². The minimum atomic E-state index is -1.19. The van der Waals surface area contributed by atoms with E-state index in [9.17, 15) is 15.0 Å². The number of nitrogens with zero attached hydrogens (tertiary/aromatic N) is 1. The summed E-state index contributed by atoms with van der Waals surface area (Å²) < 4.78 is 11.0. The largest absolute Gasteiger partial charge is 0.453 e. The van der Waals surface area contributed by atoms with E-state index in [1.165, 1.54) is 38.5 Å². The molecule has 0 aromatic heterocycles. The molecule has 1 aromatic carbocycles. The Morgan fingerprint density at radius 1 is 1.06 bits per heavy atom. The third-order valence-corrected chi connectivity index (χ3v) is 5.64. The van der Waals surface area contributed by atoms with E-state index in [-0.39, 0.29) is 25.8 Å². The molecule has 0 saturated carbocycles.